The lowest BCUT2D eigenvalue weighted by Gasteiger charge is -2.19. The lowest BCUT2D eigenvalue weighted by atomic mass is 9.88. The van der Waals surface area contributed by atoms with E-state index in [1.807, 2.05) is 0 Å². The van der Waals surface area contributed by atoms with E-state index in [1.165, 1.54) is 44.9 Å². The molecule has 0 radical (unpaired) electrons. The van der Waals surface area contributed by atoms with Crippen LogP contribution in [0.5, 0.6) is 0 Å². The monoisotopic (exact) mass is 213 g/mol. The Morgan fingerprint density at radius 3 is 2.00 bits per heavy atom. The van der Waals surface area contributed by atoms with Crippen molar-refractivity contribution in [2.24, 2.45) is 17.6 Å². The molecule has 1 unspecified atom stereocenters. The van der Waals surface area contributed by atoms with Crippen LogP contribution in [0.4, 0.5) is 0 Å². The highest BCUT2D eigenvalue weighted by Crippen LogP contribution is 2.23. The predicted molar refractivity (Wildman–Crippen MR) is 70.0 cm³/mol. The van der Waals surface area contributed by atoms with Gasteiger partial charge >= 0.3 is 0 Å². The van der Waals surface area contributed by atoms with Crippen LogP contribution in [0.25, 0.3) is 0 Å². The van der Waals surface area contributed by atoms with E-state index in [2.05, 4.69) is 27.7 Å². The summed E-state index contributed by atoms with van der Waals surface area (Å²) in [6.07, 6.45) is 9.46. The van der Waals surface area contributed by atoms with E-state index in [-0.39, 0.29) is 0 Å². The van der Waals surface area contributed by atoms with Crippen LogP contribution in [-0.4, -0.2) is 6.04 Å². The van der Waals surface area contributed by atoms with Crippen molar-refractivity contribution in [2.45, 2.75) is 78.7 Å². The summed E-state index contributed by atoms with van der Waals surface area (Å²) in [5, 5.41) is 0. The van der Waals surface area contributed by atoms with Gasteiger partial charge < -0.3 is 5.73 Å². The van der Waals surface area contributed by atoms with Crippen LogP contribution in [0.15, 0.2) is 0 Å². The molecular formula is C14H31N. The maximum atomic E-state index is 5.78. The molecule has 0 aliphatic heterocycles. The quantitative estimate of drug-likeness (QED) is 0.605. The van der Waals surface area contributed by atoms with Gasteiger partial charge in [-0.25, -0.2) is 0 Å². The van der Waals surface area contributed by atoms with Crippen molar-refractivity contribution in [3.8, 4) is 0 Å². The molecule has 0 aliphatic rings. The van der Waals surface area contributed by atoms with Crippen molar-refractivity contribution >= 4 is 0 Å². The molecule has 0 heterocycles. The van der Waals surface area contributed by atoms with Crippen molar-refractivity contribution < 1.29 is 0 Å². The molecule has 0 fully saturated rings. The fraction of sp³-hybridized carbons (Fsp3) is 1.00. The third-order valence-corrected chi connectivity index (χ3v) is 3.04. The Balaban J connectivity index is 3.69. The predicted octanol–water partition coefficient (Wildman–Crippen LogP) is 4.36. The van der Waals surface area contributed by atoms with E-state index in [4.69, 9.17) is 5.73 Å². The fourth-order valence-corrected chi connectivity index (χ4v) is 2.27. The summed E-state index contributed by atoms with van der Waals surface area (Å²) in [4.78, 5) is 0. The van der Waals surface area contributed by atoms with Crippen molar-refractivity contribution in [3.63, 3.8) is 0 Å². The Labute approximate surface area is 96.8 Å². The molecule has 0 aromatic rings. The van der Waals surface area contributed by atoms with Crippen LogP contribution < -0.4 is 5.73 Å². The summed E-state index contributed by atoms with van der Waals surface area (Å²) in [5.41, 5.74) is 5.78. The first-order valence-corrected chi connectivity index (χ1v) is 6.81. The zero-order chi connectivity index (χ0) is 11.7. The molecule has 0 aromatic carbocycles. The molecule has 0 saturated carbocycles. The van der Waals surface area contributed by atoms with E-state index in [9.17, 15) is 0 Å². The summed E-state index contributed by atoms with van der Waals surface area (Å²) in [6.45, 7) is 9.08. The number of hydrogen-bond donors (Lipinski definition) is 1. The minimum atomic E-state index is 0.385. The number of hydrogen-bond acceptors (Lipinski definition) is 1. The topological polar surface area (TPSA) is 26.0 Å². The Hall–Kier alpha value is -0.0400. The molecule has 0 spiro atoms. The minimum absolute atomic E-state index is 0.385. The van der Waals surface area contributed by atoms with Crippen LogP contribution in [0.2, 0.25) is 0 Å². The first kappa shape index (κ1) is 15.0. The van der Waals surface area contributed by atoms with Crippen LogP contribution in [0, 0.1) is 11.8 Å². The molecule has 92 valence electrons. The van der Waals surface area contributed by atoms with E-state index < -0.39 is 0 Å². The van der Waals surface area contributed by atoms with E-state index >= 15 is 0 Å². The lowest BCUT2D eigenvalue weighted by molar-refractivity contribution is 0.341. The van der Waals surface area contributed by atoms with Gasteiger partial charge in [0.2, 0.25) is 0 Å². The van der Waals surface area contributed by atoms with E-state index in [0.717, 1.165) is 11.8 Å². The SMILES string of the molecule is CCCCC(CCC[C@H](C)N)CC(C)C. The number of unbranched alkanes of at least 4 members (excludes halogenated alkanes) is 1. The second-order valence-electron chi connectivity index (χ2n) is 5.55. The van der Waals surface area contributed by atoms with Gasteiger partial charge in [-0.15, -0.1) is 0 Å². The van der Waals surface area contributed by atoms with Crippen molar-refractivity contribution in [1.29, 1.82) is 0 Å². The summed E-state index contributed by atoms with van der Waals surface area (Å²) < 4.78 is 0. The minimum Gasteiger partial charge on any atom is -0.328 e. The van der Waals surface area contributed by atoms with Gasteiger partial charge in [-0.3, -0.25) is 0 Å². The summed E-state index contributed by atoms with van der Waals surface area (Å²) in [6, 6.07) is 0.385. The Bertz CT molecular complexity index is 129. The third-order valence-electron chi connectivity index (χ3n) is 3.04. The molecular weight excluding hydrogens is 182 g/mol. The van der Waals surface area contributed by atoms with E-state index in [1.54, 1.807) is 0 Å². The first-order chi connectivity index (χ1) is 7.06. The van der Waals surface area contributed by atoms with Gasteiger partial charge in [0.15, 0.2) is 0 Å². The second kappa shape index (κ2) is 9.21. The highest BCUT2D eigenvalue weighted by molar-refractivity contribution is 4.64. The van der Waals surface area contributed by atoms with Gasteiger partial charge in [-0.1, -0.05) is 52.9 Å². The average molecular weight is 213 g/mol. The van der Waals surface area contributed by atoms with E-state index in [0.29, 0.717) is 6.04 Å². The first-order valence-electron chi connectivity index (χ1n) is 6.81. The van der Waals surface area contributed by atoms with Crippen molar-refractivity contribution in [3.05, 3.63) is 0 Å². The van der Waals surface area contributed by atoms with Gasteiger partial charge in [0, 0.05) is 6.04 Å². The van der Waals surface area contributed by atoms with Crippen LogP contribution in [-0.2, 0) is 0 Å². The highest BCUT2D eigenvalue weighted by Gasteiger charge is 2.10. The Morgan fingerprint density at radius 2 is 1.53 bits per heavy atom. The van der Waals surface area contributed by atoms with Crippen molar-refractivity contribution in [2.75, 3.05) is 0 Å². The number of nitrogens with two attached hydrogens (primary N) is 1. The van der Waals surface area contributed by atoms with Gasteiger partial charge in [-0.2, -0.15) is 0 Å². The molecule has 0 aliphatic carbocycles. The molecule has 2 atom stereocenters. The molecule has 0 saturated heterocycles. The molecule has 0 amide bonds. The standard InChI is InChI=1S/C14H31N/c1-5-6-9-14(11-12(2)3)10-7-8-13(4)15/h12-14H,5-11,15H2,1-4H3/t13-,14?/m0/s1. The third kappa shape index (κ3) is 10.2. The lowest BCUT2D eigenvalue weighted by Crippen LogP contribution is -2.15. The van der Waals surface area contributed by atoms with Gasteiger partial charge in [0.05, 0.1) is 0 Å². The molecule has 15 heavy (non-hydrogen) atoms. The fourth-order valence-electron chi connectivity index (χ4n) is 2.27. The maximum Gasteiger partial charge on any atom is 0.00104 e. The normalized spacial score (nSPS) is 15.6. The largest absolute Gasteiger partial charge is 0.328 e. The summed E-state index contributed by atoms with van der Waals surface area (Å²) >= 11 is 0. The van der Waals surface area contributed by atoms with Gasteiger partial charge in [0.25, 0.3) is 0 Å². The van der Waals surface area contributed by atoms with Crippen LogP contribution in [0.1, 0.15) is 72.6 Å². The summed E-state index contributed by atoms with van der Waals surface area (Å²) in [5.74, 6) is 1.80. The smallest absolute Gasteiger partial charge is 0.00104 e. The highest BCUT2D eigenvalue weighted by atomic mass is 14.6. The van der Waals surface area contributed by atoms with Crippen LogP contribution >= 0.6 is 0 Å². The second-order valence-corrected chi connectivity index (χ2v) is 5.55. The average Bonchev–Trinajstić information content (AvgIpc) is 2.12. The zero-order valence-corrected chi connectivity index (χ0v) is 11.3. The molecule has 0 rings (SSSR count). The number of rotatable bonds is 9. The molecule has 1 heteroatoms. The zero-order valence-electron chi connectivity index (χ0n) is 11.3. The van der Waals surface area contributed by atoms with Crippen LogP contribution in [0.3, 0.4) is 0 Å². The molecule has 1 nitrogen and oxygen atoms in total. The maximum absolute atomic E-state index is 5.78. The van der Waals surface area contributed by atoms with Gasteiger partial charge in [-0.05, 0) is 31.6 Å². The Kier molecular flexibility index (Phi) is 9.18. The molecule has 2 N–H and O–H groups in total. The van der Waals surface area contributed by atoms with Gasteiger partial charge in [0.1, 0.15) is 0 Å². The Morgan fingerprint density at radius 1 is 0.933 bits per heavy atom. The van der Waals surface area contributed by atoms with Crippen molar-refractivity contribution in [1.82, 2.24) is 0 Å². The molecule has 0 bridgehead atoms. The molecule has 0 aromatic heterocycles. The summed E-state index contributed by atoms with van der Waals surface area (Å²) in [7, 11) is 0.